The van der Waals surface area contributed by atoms with Crippen LogP contribution in [-0.4, -0.2) is 19.0 Å². The van der Waals surface area contributed by atoms with Crippen molar-refractivity contribution in [1.82, 2.24) is 0 Å². The van der Waals surface area contributed by atoms with Crippen molar-refractivity contribution < 1.29 is 14.3 Å². The van der Waals surface area contributed by atoms with E-state index in [4.69, 9.17) is 27.9 Å². The van der Waals surface area contributed by atoms with Gasteiger partial charge in [-0.3, -0.25) is 4.79 Å². The predicted octanol–water partition coefficient (Wildman–Crippen LogP) is 5.25. The van der Waals surface area contributed by atoms with E-state index in [1.54, 1.807) is 6.07 Å². The third-order valence-electron chi connectivity index (χ3n) is 3.39. The maximum Gasteiger partial charge on any atom is 0.341 e. The number of rotatable bonds is 3. The van der Waals surface area contributed by atoms with Crippen LogP contribution < -0.4 is 5.32 Å². The van der Waals surface area contributed by atoms with Crippen LogP contribution in [0.3, 0.4) is 0 Å². The Labute approximate surface area is 151 Å². The number of hydrogen-bond donors (Lipinski definition) is 1. The monoisotopic (exact) mass is 379 g/mol. The number of carbonyl (C=O) groups is 2. The standard InChI is InChI=1S/C17H11Cl2NO3S/c1-23-17(22)14-11-4-2-3-5-13(11)24-16(14)20-15(21)10-7-6-9(18)8-12(10)19/h2-8H,1H3,(H,20,21). The summed E-state index contributed by atoms with van der Waals surface area (Å²) in [7, 11) is 1.30. The summed E-state index contributed by atoms with van der Waals surface area (Å²) in [6.45, 7) is 0. The van der Waals surface area contributed by atoms with Crippen molar-refractivity contribution in [1.29, 1.82) is 0 Å². The highest BCUT2D eigenvalue weighted by molar-refractivity contribution is 7.23. The predicted molar refractivity (Wildman–Crippen MR) is 97.6 cm³/mol. The van der Waals surface area contributed by atoms with E-state index in [-0.39, 0.29) is 10.6 Å². The molecule has 0 atom stereocenters. The lowest BCUT2D eigenvalue weighted by atomic mass is 10.1. The van der Waals surface area contributed by atoms with Crippen LogP contribution in [0.1, 0.15) is 20.7 Å². The van der Waals surface area contributed by atoms with Crippen molar-refractivity contribution >= 4 is 61.5 Å². The number of nitrogens with one attached hydrogen (secondary N) is 1. The van der Waals surface area contributed by atoms with Gasteiger partial charge in [0.15, 0.2) is 0 Å². The molecule has 0 aliphatic carbocycles. The second-order valence-electron chi connectivity index (χ2n) is 4.87. The average molecular weight is 380 g/mol. The van der Waals surface area contributed by atoms with E-state index in [0.717, 1.165) is 10.1 Å². The molecule has 1 amide bonds. The second-order valence-corrected chi connectivity index (χ2v) is 6.77. The first kappa shape index (κ1) is 16.8. The zero-order valence-corrected chi connectivity index (χ0v) is 14.8. The molecule has 0 saturated heterocycles. The van der Waals surface area contributed by atoms with Gasteiger partial charge >= 0.3 is 5.97 Å². The van der Waals surface area contributed by atoms with Crippen molar-refractivity contribution in [2.75, 3.05) is 12.4 Å². The number of ether oxygens (including phenoxy) is 1. The van der Waals surface area contributed by atoms with Gasteiger partial charge < -0.3 is 10.1 Å². The van der Waals surface area contributed by atoms with Gasteiger partial charge in [-0.15, -0.1) is 11.3 Å². The Hall–Kier alpha value is -2.08. The van der Waals surface area contributed by atoms with Crippen molar-refractivity contribution in [3.8, 4) is 0 Å². The van der Waals surface area contributed by atoms with Crippen molar-refractivity contribution in [3.05, 3.63) is 63.6 Å². The van der Waals surface area contributed by atoms with Crippen molar-refractivity contribution in [2.45, 2.75) is 0 Å². The van der Waals surface area contributed by atoms with Gasteiger partial charge in [0.2, 0.25) is 0 Å². The number of anilines is 1. The minimum atomic E-state index is -0.509. The molecule has 1 aromatic heterocycles. The number of halogens is 2. The number of hydrogen-bond acceptors (Lipinski definition) is 4. The zero-order chi connectivity index (χ0) is 17.3. The molecule has 0 radical (unpaired) electrons. The fourth-order valence-electron chi connectivity index (χ4n) is 2.28. The lowest BCUT2D eigenvalue weighted by Gasteiger charge is -2.07. The minimum Gasteiger partial charge on any atom is -0.465 e. The first-order valence-electron chi connectivity index (χ1n) is 6.87. The average Bonchev–Trinajstić information content (AvgIpc) is 2.91. The Balaban J connectivity index is 2.03. The van der Waals surface area contributed by atoms with Crippen LogP contribution in [0.5, 0.6) is 0 Å². The Morgan fingerprint density at radius 3 is 2.58 bits per heavy atom. The lowest BCUT2D eigenvalue weighted by Crippen LogP contribution is -2.14. The maximum atomic E-state index is 12.5. The van der Waals surface area contributed by atoms with E-state index in [9.17, 15) is 9.59 Å². The highest BCUT2D eigenvalue weighted by atomic mass is 35.5. The lowest BCUT2D eigenvalue weighted by molar-refractivity contribution is 0.0604. The van der Waals surface area contributed by atoms with Crippen LogP contribution in [0.2, 0.25) is 10.0 Å². The molecule has 2 aromatic carbocycles. The normalized spacial score (nSPS) is 10.6. The Kier molecular flexibility index (Phi) is 4.76. The van der Waals surface area contributed by atoms with Crippen LogP contribution >= 0.6 is 34.5 Å². The van der Waals surface area contributed by atoms with E-state index >= 15 is 0 Å². The number of methoxy groups -OCH3 is 1. The van der Waals surface area contributed by atoms with E-state index in [1.807, 2.05) is 24.3 Å². The van der Waals surface area contributed by atoms with Crippen LogP contribution in [0.4, 0.5) is 5.00 Å². The molecule has 0 fully saturated rings. The molecule has 3 rings (SSSR count). The van der Waals surface area contributed by atoms with Crippen molar-refractivity contribution in [3.63, 3.8) is 0 Å². The minimum absolute atomic E-state index is 0.237. The summed E-state index contributed by atoms with van der Waals surface area (Å²) in [5, 5.41) is 4.56. The molecule has 0 saturated carbocycles. The van der Waals surface area contributed by atoms with Gasteiger partial charge in [-0.05, 0) is 24.3 Å². The third kappa shape index (κ3) is 3.11. The maximum absolute atomic E-state index is 12.5. The summed E-state index contributed by atoms with van der Waals surface area (Å²) in [6.07, 6.45) is 0. The van der Waals surface area contributed by atoms with E-state index in [2.05, 4.69) is 5.32 Å². The molecule has 1 heterocycles. The van der Waals surface area contributed by atoms with E-state index in [0.29, 0.717) is 15.6 Å². The molecule has 0 aliphatic heterocycles. The van der Waals surface area contributed by atoms with Gasteiger partial charge in [-0.2, -0.15) is 0 Å². The van der Waals surface area contributed by atoms with Gasteiger partial charge in [0.05, 0.1) is 17.7 Å². The molecule has 7 heteroatoms. The molecular formula is C17H11Cl2NO3S. The molecule has 122 valence electrons. The Morgan fingerprint density at radius 2 is 1.88 bits per heavy atom. The highest BCUT2D eigenvalue weighted by Crippen LogP contribution is 2.36. The van der Waals surface area contributed by atoms with Crippen LogP contribution in [0.25, 0.3) is 10.1 Å². The van der Waals surface area contributed by atoms with Gasteiger partial charge in [0.1, 0.15) is 10.6 Å². The Bertz CT molecular complexity index is 952. The molecule has 4 nitrogen and oxygen atoms in total. The number of carbonyl (C=O) groups excluding carboxylic acids is 2. The number of amides is 1. The highest BCUT2D eigenvalue weighted by Gasteiger charge is 2.22. The fourth-order valence-corrected chi connectivity index (χ4v) is 3.86. The zero-order valence-electron chi connectivity index (χ0n) is 12.4. The Morgan fingerprint density at radius 1 is 1.12 bits per heavy atom. The van der Waals surface area contributed by atoms with Crippen LogP contribution in [-0.2, 0) is 4.74 Å². The van der Waals surface area contributed by atoms with E-state index < -0.39 is 11.9 Å². The molecule has 24 heavy (non-hydrogen) atoms. The number of esters is 1. The summed E-state index contributed by atoms with van der Waals surface area (Å²) >= 11 is 13.2. The molecular weight excluding hydrogens is 369 g/mol. The smallest absolute Gasteiger partial charge is 0.341 e. The first-order valence-corrected chi connectivity index (χ1v) is 8.44. The third-order valence-corrected chi connectivity index (χ3v) is 5.02. The van der Waals surface area contributed by atoms with Crippen LogP contribution in [0, 0.1) is 0 Å². The van der Waals surface area contributed by atoms with Crippen LogP contribution in [0.15, 0.2) is 42.5 Å². The molecule has 0 unspecified atom stereocenters. The number of benzene rings is 2. The summed E-state index contributed by atoms with van der Waals surface area (Å²) in [5.74, 6) is -0.932. The van der Waals surface area contributed by atoms with Gasteiger partial charge in [0, 0.05) is 15.1 Å². The largest absolute Gasteiger partial charge is 0.465 e. The number of thiophene rings is 1. The van der Waals surface area contributed by atoms with Gasteiger partial charge in [0.25, 0.3) is 5.91 Å². The van der Waals surface area contributed by atoms with Gasteiger partial charge in [-0.1, -0.05) is 41.4 Å². The van der Waals surface area contributed by atoms with Gasteiger partial charge in [-0.25, -0.2) is 4.79 Å². The molecule has 3 aromatic rings. The second kappa shape index (κ2) is 6.81. The first-order chi connectivity index (χ1) is 11.5. The molecule has 1 N–H and O–H groups in total. The van der Waals surface area contributed by atoms with E-state index in [1.165, 1.54) is 30.6 Å². The number of fused-ring (bicyclic) bond motifs is 1. The molecule has 0 bridgehead atoms. The summed E-state index contributed by atoms with van der Waals surface area (Å²) in [4.78, 5) is 24.6. The summed E-state index contributed by atoms with van der Waals surface area (Å²) in [5.41, 5.74) is 0.603. The molecule has 0 aliphatic rings. The summed E-state index contributed by atoms with van der Waals surface area (Å²) in [6, 6.07) is 12.0. The quantitative estimate of drug-likeness (QED) is 0.632. The topological polar surface area (TPSA) is 55.4 Å². The summed E-state index contributed by atoms with van der Waals surface area (Å²) < 4.78 is 5.71. The molecule has 0 spiro atoms. The fraction of sp³-hybridized carbons (Fsp3) is 0.0588. The van der Waals surface area contributed by atoms with Crippen molar-refractivity contribution in [2.24, 2.45) is 0 Å². The SMILES string of the molecule is COC(=O)c1c(NC(=O)c2ccc(Cl)cc2Cl)sc2ccccc12.